The Morgan fingerprint density at radius 2 is 2.24 bits per heavy atom. The van der Waals surface area contributed by atoms with Crippen LogP contribution in [0.1, 0.15) is 23.7 Å². The molecule has 0 saturated carbocycles. The molecule has 0 radical (unpaired) electrons. The number of hydrogen-bond acceptors (Lipinski definition) is 5. The molecule has 4 heterocycles. The highest BCUT2D eigenvalue weighted by molar-refractivity contribution is 7.13. The van der Waals surface area contributed by atoms with Gasteiger partial charge >= 0.3 is 0 Å². The van der Waals surface area contributed by atoms with Gasteiger partial charge in [-0.3, -0.25) is 4.79 Å². The monoisotopic (exact) mass is 355 g/mol. The van der Waals surface area contributed by atoms with E-state index < -0.39 is 0 Å². The molecule has 7 heteroatoms. The van der Waals surface area contributed by atoms with Crippen LogP contribution in [0.5, 0.6) is 0 Å². The fourth-order valence-electron chi connectivity index (χ4n) is 3.44. The number of amides is 1. The van der Waals surface area contributed by atoms with Crippen molar-refractivity contribution < 1.29 is 4.79 Å². The summed E-state index contributed by atoms with van der Waals surface area (Å²) >= 11 is 1.65. The second kappa shape index (κ2) is 6.57. The Hall–Kier alpha value is -2.25. The molecule has 1 aliphatic rings. The van der Waals surface area contributed by atoms with E-state index in [-0.39, 0.29) is 11.9 Å². The van der Waals surface area contributed by atoms with E-state index >= 15 is 0 Å². The SMILES string of the molecule is CCC1CN(C)CCN1C(=O)c1cnn2c(-c3cccs3)ccnc12. The Morgan fingerprint density at radius 3 is 3.00 bits per heavy atom. The first-order valence-electron chi connectivity index (χ1n) is 8.55. The lowest BCUT2D eigenvalue weighted by molar-refractivity contribution is 0.0495. The van der Waals surface area contributed by atoms with Gasteiger partial charge in [0.25, 0.3) is 5.91 Å². The molecule has 3 aromatic rings. The van der Waals surface area contributed by atoms with Crippen LogP contribution in [0.2, 0.25) is 0 Å². The molecule has 0 aliphatic carbocycles. The molecule has 1 fully saturated rings. The molecule has 1 aliphatic heterocycles. The van der Waals surface area contributed by atoms with Gasteiger partial charge in [0.1, 0.15) is 5.56 Å². The second-order valence-corrected chi connectivity index (χ2v) is 7.37. The van der Waals surface area contributed by atoms with Crippen LogP contribution in [0, 0.1) is 0 Å². The molecule has 0 N–H and O–H groups in total. The summed E-state index contributed by atoms with van der Waals surface area (Å²) in [5, 5.41) is 6.49. The summed E-state index contributed by atoms with van der Waals surface area (Å²) in [6, 6.07) is 6.24. The summed E-state index contributed by atoms with van der Waals surface area (Å²) in [5.41, 5.74) is 2.18. The Balaban J connectivity index is 1.72. The van der Waals surface area contributed by atoms with Gasteiger partial charge < -0.3 is 9.80 Å². The maximum absolute atomic E-state index is 13.2. The number of hydrogen-bond donors (Lipinski definition) is 0. The maximum atomic E-state index is 13.2. The number of thiophene rings is 1. The predicted molar refractivity (Wildman–Crippen MR) is 98.9 cm³/mol. The predicted octanol–water partition coefficient (Wildman–Crippen LogP) is 2.62. The van der Waals surface area contributed by atoms with Crippen molar-refractivity contribution in [2.24, 2.45) is 0 Å². The van der Waals surface area contributed by atoms with E-state index in [0.717, 1.165) is 36.6 Å². The number of aromatic nitrogens is 3. The zero-order chi connectivity index (χ0) is 17.4. The van der Waals surface area contributed by atoms with E-state index in [9.17, 15) is 4.79 Å². The normalized spacial score (nSPS) is 18.8. The Bertz CT molecular complexity index is 888. The van der Waals surface area contributed by atoms with Crippen LogP contribution in [0.4, 0.5) is 0 Å². The molecule has 25 heavy (non-hydrogen) atoms. The van der Waals surface area contributed by atoms with E-state index in [1.807, 2.05) is 22.4 Å². The number of piperazine rings is 1. The van der Waals surface area contributed by atoms with Crippen molar-refractivity contribution in [1.82, 2.24) is 24.4 Å². The third-order valence-corrected chi connectivity index (χ3v) is 5.72. The van der Waals surface area contributed by atoms with Crippen molar-refractivity contribution in [2.45, 2.75) is 19.4 Å². The van der Waals surface area contributed by atoms with Gasteiger partial charge in [0, 0.05) is 31.9 Å². The van der Waals surface area contributed by atoms with Crippen LogP contribution in [-0.4, -0.2) is 63.0 Å². The second-order valence-electron chi connectivity index (χ2n) is 6.42. The van der Waals surface area contributed by atoms with E-state index in [2.05, 4.69) is 35.0 Å². The van der Waals surface area contributed by atoms with Crippen molar-refractivity contribution in [3.8, 4) is 10.6 Å². The van der Waals surface area contributed by atoms with Crippen LogP contribution >= 0.6 is 11.3 Å². The van der Waals surface area contributed by atoms with Crippen molar-refractivity contribution in [1.29, 1.82) is 0 Å². The summed E-state index contributed by atoms with van der Waals surface area (Å²) in [4.78, 5) is 23.0. The highest BCUT2D eigenvalue weighted by atomic mass is 32.1. The standard InChI is InChI=1S/C18H21N5OS/c1-3-13-12-21(2)8-9-22(13)18(24)14-11-20-23-15(6-7-19-17(14)23)16-5-4-10-25-16/h4-7,10-11,13H,3,8-9,12H2,1-2H3. The summed E-state index contributed by atoms with van der Waals surface area (Å²) in [6.45, 7) is 4.69. The molecule has 1 saturated heterocycles. The summed E-state index contributed by atoms with van der Waals surface area (Å²) in [5.74, 6) is 0.0331. The van der Waals surface area contributed by atoms with Gasteiger partial charge in [0.15, 0.2) is 5.65 Å². The number of likely N-dealkylation sites (N-methyl/N-ethyl adjacent to an activating group) is 1. The van der Waals surface area contributed by atoms with E-state index in [1.54, 1.807) is 28.2 Å². The van der Waals surface area contributed by atoms with Gasteiger partial charge in [-0.25, -0.2) is 9.50 Å². The Kier molecular flexibility index (Phi) is 4.27. The Morgan fingerprint density at radius 1 is 1.36 bits per heavy atom. The van der Waals surface area contributed by atoms with E-state index in [1.165, 1.54) is 0 Å². The first kappa shape index (κ1) is 16.2. The average Bonchev–Trinajstić information content (AvgIpc) is 3.30. The minimum atomic E-state index is 0.0331. The van der Waals surface area contributed by atoms with Crippen molar-refractivity contribution >= 4 is 22.9 Å². The van der Waals surface area contributed by atoms with Crippen LogP contribution in [-0.2, 0) is 0 Å². The fourth-order valence-corrected chi connectivity index (χ4v) is 4.17. The number of nitrogens with zero attached hydrogens (tertiary/aromatic N) is 5. The maximum Gasteiger partial charge on any atom is 0.259 e. The molecule has 0 bridgehead atoms. The van der Waals surface area contributed by atoms with Gasteiger partial charge in [0.05, 0.1) is 16.8 Å². The topological polar surface area (TPSA) is 53.7 Å². The number of carbonyl (C=O) groups excluding carboxylic acids is 1. The molecule has 1 unspecified atom stereocenters. The van der Waals surface area contributed by atoms with E-state index in [4.69, 9.17) is 0 Å². The minimum absolute atomic E-state index is 0.0331. The van der Waals surface area contributed by atoms with Crippen molar-refractivity contribution in [3.63, 3.8) is 0 Å². The molecule has 3 aromatic heterocycles. The zero-order valence-corrected chi connectivity index (χ0v) is 15.2. The first-order chi connectivity index (χ1) is 12.2. The molecular formula is C18H21N5OS. The highest BCUT2D eigenvalue weighted by Gasteiger charge is 2.30. The fraction of sp³-hybridized carbons (Fsp3) is 0.389. The molecular weight excluding hydrogens is 334 g/mol. The number of fused-ring (bicyclic) bond motifs is 1. The smallest absolute Gasteiger partial charge is 0.259 e. The van der Waals surface area contributed by atoms with Crippen LogP contribution in [0.25, 0.3) is 16.2 Å². The average molecular weight is 355 g/mol. The molecule has 1 amide bonds. The lowest BCUT2D eigenvalue weighted by Crippen LogP contribution is -2.53. The zero-order valence-electron chi connectivity index (χ0n) is 14.4. The number of carbonyl (C=O) groups is 1. The van der Waals surface area contributed by atoms with Gasteiger partial charge in [0.2, 0.25) is 0 Å². The largest absolute Gasteiger partial charge is 0.333 e. The molecule has 0 spiro atoms. The van der Waals surface area contributed by atoms with Crippen molar-refractivity contribution in [3.05, 3.63) is 41.5 Å². The minimum Gasteiger partial charge on any atom is -0.333 e. The quantitative estimate of drug-likeness (QED) is 0.725. The molecule has 4 rings (SSSR count). The van der Waals surface area contributed by atoms with Crippen LogP contribution < -0.4 is 0 Å². The third-order valence-electron chi connectivity index (χ3n) is 4.82. The Labute approximate surface area is 150 Å². The molecule has 0 aromatic carbocycles. The molecule has 6 nitrogen and oxygen atoms in total. The van der Waals surface area contributed by atoms with Gasteiger partial charge in [-0.15, -0.1) is 11.3 Å². The van der Waals surface area contributed by atoms with Crippen LogP contribution in [0.15, 0.2) is 36.0 Å². The first-order valence-corrected chi connectivity index (χ1v) is 9.43. The van der Waals surface area contributed by atoms with Gasteiger partial charge in [-0.05, 0) is 31.0 Å². The third kappa shape index (κ3) is 2.83. The van der Waals surface area contributed by atoms with Crippen LogP contribution in [0.3, 0.4) is 0 Å². The highest BCUT2D eigenvalue weighted by Crippen LogP contribution is 2.26. The summed E-state index contributed by atoms with van der Waals surface area (Å²) in [7, 11) is 2.11. The summed E-state index contributed by atoms with van der Waals surface area (Å²) in [6.07, 6.45) is 4.36. The molecule has 130 valence electrons. The van der Waals surface area contributed by atoms with Gasteiger partial charge in [-0.1, -0.05) is 13.0 Å². The van der Waals surface area contributed by atoms with Gasteiger partial charge in [-0.2, -0.15) is 5.10 Å². The lowest BCUT2D eigenvalue weighted by Gasteiger charge is -2.39. The molecule has 1 atom stereocenters. The summed E-state index contributed by atoms with van der Waals surface area (Å²) < 4.78 is 1.77. The lowest BCUT2D eigenvalue weighted by atomic mass is 10.1. The van der Waals surface area contributed by atoms with E-state index in [0.29, 0.717) is 11.2 Å². The number of rotatable bonds is 3. The van der Waals surface area contributed by atoms with Crippen molar-refractivity contribution in [2.75, 3.05) is 26.7 Å².